The number of carbonyl (C=O) groups is 2. The molecule has 14 heavy (non-hydrogen) atoms. The highest BCUT2D eigenvalue weighted by Gasteiger charge is 2.22. The van der Waals surface area contributed by atoms with Crippen LogP contribution >= 0.6 is 11.3 Å². The van der Waals surface area contributed by atoms with Crippen LogP contribution in [-0.2, 0) is 11.3 Å². The normalized spacial score (nSPS) is 17.0. The zero-order valence-corrected chi connectivity index (χ0v) is 8.34. The van der Waals surface area contributed by atoms with Crippen LogP contribution in [0.15, 0.2) is 17.5 Å². The lowest BCUT2D eigenvalue weighted by Crippen LogP contribution is -2.48. The first-order valence-electron chi connectivity index (χ1n) is 4.37. The lowest BCUT2D eigenvalue weighted by atomic mass is 10.3. The van der Waals surface area contributed by atoms with Crippen molar-refractivity contribution in [2.24, 2.45) is 0 Å². The summed E-state index contributed by atoms with van der Waals surface area (Å²) in [5, 5.41) is 4.27. The third-order valence-corrected chi connectivity index (χ3v) is 2.93. The minimum atomic E-state index is -0.283. The third kappa shape index (κ3) is 1.93. The molecular formula is C9H10N2O2S. The molecule has 5 heteroatoms. The van der Waals surface area contributed by atoms with Crippen molar-refractivity contribution in [2.75, 3.05) is 6.54 Å². The van der Waals surface area contributed by atoms with E-state index in [4.69, 9.17) is 0 Å². The number of imide groups is 1. The molecule has 1 saturated heterocycles. The highest BCUT2D eigenvalue weighted by molar-refractivity contribution is 7.09. The van der Waals surface area contributed by atoms with E-state index >= 15 is 0 Å². The van der Waals surface area contributed by atoms with E-state index in [2.05, 4.69) is 5.32 Å². The number of thiophene rings is 1. The molecule has 2 heterocycles. The fraction of sp³-hybridized carbons (Fsp3) is 0.333. The van der Waals surface area contributed by atoms with Gasteiger partial charge in [-0.3, -0.25) is 10.1 Å². The Balaban J connectivity index is 1.99. The maximum Gasteiger partial charge on any atom is 0.324 e. The van der Waals surface area contributed by atoms with Gasteiger partial charge in [-0.1, -0.05) is 6.07 Å². The van der Waals surface area contributed by atoms with Gasteiger partial charge in [0.15, 0.2) is 0 Å². The van der Waals surface area contributed by atoms with Crippen LogP contribution in [-0.4, -0.2) is 23.4 Å². The molecule has 0 unspecified atom stereocenters. The van der Waals surface area contributed by atoms with Gasteiger partial charge in [-0.15, -0.1) is 11.3 Å². The Morgan fingerprint density at radius 3 is 3.00 bits per heavy atom. The predicted octanol–water partition coefficient (Wildman–Crippen LogP) is 1.19. The first-order chi connectivity index (χ1) is 6.75. The fourth-order valence-electron chi connectivity index (χ4n) is 1.34. The first-order valence-corrected chi connectivity index (χ1v) is 5.25. The molecule has 0 aromatic carbocycles. The molecule has 1 aliphatic heterocycles. The summed E-state index contributed by atoms with van der Waals surface area (Å²) in [7, 11) is 0. The molecule has 1 aliphatic rings. The fourth-order valence-corrected chi connectivity index (χ4v) is 2.06. The van der Waals surface area contributed by atoms with Crippen LogP contribution in [0.5, 0.6) is 0 Å². The Hall–Kier alpha value is -1.36. The second-order valence-electron chi connectivity index (χ2n) is 3.10. The SMILES string of the molecule is O=C1CCN(Cc2cccs2)C(=O)N1. The van der Waals surface area contributed by atoms with Gasteiger partial charge in [-0.25, -0.2) is 4.79 Å². The summed E-state index contributed by atoms with van der Waals surface area (Å²) in [5.41, 5.74) is 0. The zero-order valence-electron chi connectivity index (χ0n) is 7.53. The Kier molecular flexibility index (Phi) is 2.49. The summed E-state index contributed by atoms with van der Waals surface area (Å²) in [6, 6.07) is 3.65. The van der Waals surface area contributed by atoms with Crippen molar-refractivity contribution in [3.05, 3.63) is 22.4 Å². The molecule has 0 atom stereocenters. The van der Waals surface area contributed by atoms with Gasteiger partial charge < -0.3 is 4.90 Å². The van der Waals surface area contributed by atoms with Gasteiger partial charge in [0.1, 0.15) is 0 Å². The number of urea groups is 1. The molecule has 0 radical (unpaired) electrons. The zero-order chi connectivity index (χ0) is 9.97. The van der Waals surface area contributed by atoms with Crippen LogP contribution in [0.2, 0.25) is 0 Å². The molecule has 1 aromatic rings. The molecule has 0 spiro atoms. The number of hydrogen-bond donors (Lipinski definition) is 1. The van der Waals surface area contributed by atoms with Crippen molar-refractivity contribution in [1.29, 1.82) is 0 Å². The largest absolute Gasteiger partial charge is 0.324 e. The van der Waals surface area contributed by atoms with E-state index in [1.165, 1.54) is 0 Å². The summed E-state index contributed by atoms with van der Waals surface area (Å²) in [6.07, 6.45) is 0.400. The minimum absolute atomic E-state index is 0.183. The van der Waals surface area contributed by atoms with E-state index < -0.39 is 0 Å². The van der Waals surface area contributed by atoms with Gasteiger partial charge in [-0.05, 0) is 11.4 Å². The molecule has 4 nitrogen and oxygen atoms in total. The molecule has 0 aliphatic carbocycles. The van der Waals surface area contributed by atoms with Crippen LogP contribution < -0.4 is 5.32 Å². The van der Waals surface area contributed by atoms with Gasteiger partial charge in [0.2, 0.25) is 5.91 Å². The molecule has 3 amide bonds. The number of nitrogens with zero attached hydrogens (tertiary/aromatic N) is 1. The van der Waals surface area contributed by atoms with Crippen molar-refractivity contribution >= 4 is 23.3 Å². The van der Waals surface area contributed by atoms with Gasteiger partial charge in [0.25, 0.3) is 0 Å². The van der Waals surface area contributed by atoms with E-state index in [0.717, 1.165) is 4.88 Å². The Morgan fingerprint density at radius 2 is 2.36 bits per heavy atom. The lowest BCUT2D eigenvalue weighted by molar-refractivity contribution is -0.121. The Bertz CT molecular complexity index is 348. The standard InChI is InChI=1S/C9H10N2O2S/c12-8-3-4-11(9(13)10-8)6-7-2-1-5-14-7/h1-2,5H,3-4,6H2,(H,10,12,13). The lowest BCUT2D eigenvalue weighted by Gasteiger charge is -2.25. The summed E-state index contributed by atoms with van der Waals surface area (Å²) in [5.74, 6) is -0.183. The minimum Gasteiger partial charge on any atom is -0.319 e. The van der Waals surface area contributed by atoms with E-state index in [1.54, 1.807) is 16.2 Å². The quantitative estimate of drug-likeness (QED) is 0.797. The highest BCUT2D eigenvalue weighted by atomic mass is 32.1. The molecule has 2 rings (SSSR count). The van der Waals surface area contributed by atoms with Crippen molar-refractivity contribution in [3.8, 4) is 0 Å². The Morgan fingerprint density at radius 1 is 1.50 bits per heavy atom. The molecule has 0 saturated carbocycles. The molecule has 1 fully saturated rings. The van der Waals surface area contributed by atoms with Gasteiger partial charge in [-0.2, -0.15) is 0 Å². The maximum absolute atomic E-state index is 11.3. The van der Waals surface area contributed by atoms with E-state index in [-0.39, 0.29) is 11.9 Å². The van der Waals surface area contributed by atoms with Crippen LogP contribution in [0.4, 0.5) is 4.79 Å². The number of hydrogen-bond acceptors (Lipinski definition) is 3. The average molecular weight is 210 g/mol. The van der Waals surface area contributed by atoms with Crippen LogP contribution in [0.25, 0.3) is 0 Å². The van der Waals surface area contributed by atoms with Crippen molar-refractivity contribution in [1.82, 2.24) is 10.2 Å². The van der Waals surface area contributed by atoms with Crippen molar-refractivity contribution < 1.29 is 9.59 Å². The summed E-state index contributed by atoms with van der Waals surface area (Å²) in [6.45, 7) is 1.11. The Labute approximate surface area is 85.5 Å². The number of rotatable bonds is 2. The first kappa shape index (κ1) is 9.21. The van der Waals surface area contributed by atoms with Gasteiger partial charge in [0, 0.05) is 17.8 Å². The summed E-state index contributed by atoms with van der Waals surface area (Å²) in [4.78, 5) is 25.0. The van der Waals surface area contributed by atoms with Gasteiger partial charge in [0.05, 0.1) is 6.54 Å². The van der Waals surface area contributed by atoms with Crippen LogP contribution in [0, 0.1) is 0 Å². The smallest absolute Gasteiger partial charge is 0.319 e. The van der Waals surface area contributed by atoms with Gasteiger partial charge >= 0.3 is 6.03 Å². The molecular weight excluding hydrogens is 200 g/mol. The average Bonchev–Trinajstić information content (AvgIpc) is 2.62. The second kappa shape index (κ2) is 3.79. The number of carbonyl (C=O) groups excluding carboxylic acids is 2. The molecule has 1 aromatic heterocycles. The second-order valence-corrected chi connectivity index (χ2v) is 4.14. The molecule has 0 bridgehead atoms. The molecule has 74 valence electrons. The molecule has 1 N–H and O–H groups in total. The number of amides is 3. The van der Waals surface area contributed by atoms with Crippen LogP contribution in [0.3, 0.4) is 0 Å². The summed E-state index contributed by atoms with van der Waals surface area (Å²) >= 11 is 1.61. The third-order valence-electron chi connectivity index (χ3n) is 2.07. The summed E-state index contributed by atoms with van der Waals surface area (Å²) < 4.78 is 0. The maximum atomic E-state index is 11.3. The predicted molar refractivity (Wildman–Crippen MR) is 52.9 cm³/mol. The monoisotopic (exact) mass is 210 g/mol. The van der Waals surface area contributed by atoms with Crippen LogP contribution in [0.1, 0.15) is 11.3 Å². The van der Waals surface area contributed by atoms with E-state index in [1.807, 2.05) is 17.5 Å². The van der Waals surface area contributed by atoms with Crippen molar-refractivity contribution in [2.45, 2.75) is 13.0 Å². The number of nitrogens with one attached hydrogen (secondary N) is 1. The van der Waals surface area contributed by atoms with E-state index in [9.17, 15) is 9.59 Å². The topological polar surface area (TPSA) is 49.4 Å². The highest BCUT2D eigenvalue weighted by Crippen LogP contribution is 2.13. The van der Waals surface area contributed by atoms with Crippen molar-refractivity contribution in [3.63, 3.8) is 0 Å². The van der Waals surface area contributed by atoms with E-state index in [0.29, 0.717) is 19.5 Å².